The van der Waals surface area contributed by atoms with Gasteiger partial charge in [0.15, 0.2) is 0 Å². The van der Waals surface area contributed by atoms with Crippen molar-refractivity contribution in [2.45, 2.75) is 46.5 Å². The van der Waals surface area contributed by atoms with E-state index in [4.69, 9.17) is 9.47 Å². The number of phenols is 1. The monoisotopic (exact) mass is 1060 g/mol. The molecule has 1 N–H and O–H groups in total. The maximum atomic E-state index is 10.3. The molecule has 13 heteroatoms. The molecular formula is C54H49IrN9O3-2. The fourth-order valence-corrected chi connectivity index (χ4v) is 8.48. The van der Waals surface area contributed by atoms with Gasteiger partial charge >= 0.3 is 0 Å². The van der Waals surface area contributed by atoms with Crippen molar-refractivity contribution in [1.29, 1.82) is 0 Å². The van der Waals surface area contributed by atoms with Crippen LogP contribution in [0.25, 0.3) is 71.7 Å². The van der Waals surface area contributed by atoms with Crippen LogP contribution in [0.3, 0.4) is 0 Å². The number of aromatic hydroxyl groups is 1. The average molecular weight is 1060 g/mol. The van der Waals surface area contributed by atoms with Gasteiger partial charge in [-0.25, -0.2) is 0 Å². The fourth-order valence-electron chi connectivity index (χ4n) is 8.48. The molecule has 0 bridgehead atoms. The van der Waals surface area contributed by atoms with Crippen LogP contribution in [-0.2, 0) is 25.5 Å². The number of ether oxygens (including phenoxy) is 2. The predicted octanol–water partition coefficient (Wildman–Crippen LogP) is 11.6. The Hall–Kier alpha value is -7.47. The molecule has 0 atom stereocenters. The van der Waals surface area contributed by atoms with Gasteiger partial charge in [0.25, 0.3) is 0 Å². The summed E-state index contributed by atoms with van der Waals surface area (Å²) < 4.78 is 10.8. The summed E-state index contributed by atoms with van der Waals surface area (Å²) in [4.78, 5) is 4.79. The maximum absolute atomic E-state index is 10.3. The largest absolute Gasteiger partial charge is 0.554 e. The van der Waals surface area contributed by atoms with Crippen LogP contribution in [0.5, 0.6) is 17.2 Å². The molecule has 1 radical (unpaired) electrons. The SMILES string of the molecule is CC(C)(C)CC(C)(C)c1ccc(O)c(-n2nc3ccccc3n2)c1.COc1c[c-]c(-n2nc3ccccc3n2)c2ccccc12.COc1c[c-]c(-n2nc3ccccc3n2)c2ccccc12.[Ir]. The minimum atomic E-state index is -0.00667. The number of methoxy groups -OCH3 is 2. The first kappa shape index (κ1) is 46.1. The standard InChI is InChI=1S/C20H25N3O.2C17H12N3O.Ir/c1-19(2,3)13-20(4,5)14-10-11-18(24)17(12-14)23-21-15-8-6-7-9-16(15)22-23;2*1-21-17-11-10-16(12-6-2-3-7-13(12)17)20-18-14-8-4-5-9-15(14)19-20;/h6-12,24H,13H2,1-5H3;2*2-9,11H,1H3;/q;2*-1;. The van der Waals surface area contributed by atoms with Crippen LogP contribution >= 0.6 is 0 Å². The van der Waals surface area contributed by atoms with Gasteiger partial charge in [0, 0.05) is 31.6 Å². The van der Waals surface area contributed by atoms with Crippen molar-refractivity contribution in [1.82, 2.24) is 45.0 Å². The molecule has 0 aliphatic heterocycles. The third-order valence-corrected chi connectivity index (χ3v) is 11.2. The van der Waals surface area contributed by atoms with Crippen LogP contribution in [0.1, 0.15) is 46.6 Å². The Bertz CT molecular complexity index is 3240. The molecule has 0 spiro atoms. The first-order valence-corrected chi connectivity index (χ1v) is 21.6. The number of nitrogens with zero attached hydrogens (tertiary/aromatic N) is 9. The minimum absolute atomic E-state index is 0. The van der Waals surface area contributed by atoms with E-state index in [1.54, 1.807) is 29.9 Å². The van der Waals surface area contributed by atoms with Gasteiger partial charge in [-0.3, -0.25) is 0 Å². The molecule has 8 aromatic carbocycles. The van der Waals surface area contributed by atoms with Crippen molar-refractivity contribution in [3.8, 4) is 34.3 Å². The van der Waals surface area contributed by atoms with E-state index in [2.05, 4.69) is 77.3 Å². The number of phenolic OH excluding ortho intramolecular Hbond substituents is 1. The van der Waals surface area contributed by atoms with E-state index in [1.165, 1.54) is 10.4 Å². The molecule has 339 valence electrons. The van der Waals surface area contributed by atoms with Gasteiger partial charge in [0.05, 0.1) is 14.2 Å². The molecular weight excluding hydrogens is 1010 g/mol. The summed E-state index contributed by atoms with van der Waals surface area (Å²) in [5.74, 6) is 1.78. The molecule has 11 rings (SSSR count). The van der Waals surface area contributed by atoms with Crippen LogP contribution in [0.15, 0.2) is 152 Å². The third kappa shape index (κ3) is 9.75. The van der Waals surface area contributed by atoms with Crippen LogP contribution in [0.4, 0.5) is 0 Å². The zero-order chi connectivity index (χ0) is 46.0. The second kappa shape index (κ2) is 19.2. The van der Waals surface area contributed by atoms with Crippen molar-refractivity contribution in [2.24, 2.45) is 5.41 Å². The number of fused-ring (bicyclic) bond motifs is 5. The Kier molecular flexibility index (Phi) is 13.2. The molecule has 12 nitrogen and oxygen atoms in total. The molecule has 0 saturated carbocycles. The van der Waals surface area contributed by atoms with Gasteiger partial charge < -0.3 is 14.6 Å². The van der Waals surface area contributed by atoms with Crippen LogP contribution < -0.4 is 9.47 Å². The van der Waals surface area contributed by atoms with Gasteiger partial charge in [-0.05, 0) is 82.7 Å². The normalized spacial score (nSPS) is 11.5. The number of benzene rings is 8. The smallest absolute Gasteiger partial charge is 0.143 e. The minimum Gasteiger partial charge on any atom is -0.554 e. The van der Waals surface area contributed by atoms with Crippen molar-refractivity contribution in [2.75, 3.05) is 14.2 Å². The van der Waals surface area contributed by atoms with Crippen molar-refractivity contribution in [3.05, 3.63) is 169 Å². The van der Waals surface area contributed by atoms with Crippen molar-refractivity contribution >= 4 is 54.6 Å². The summed E-state index contributed by atoms with van der Waals surface area (Å²) in [6, 6.07) is 55.2. The number of rotatable bonds is 7. The zero-order valence-corrected chi connectivity index (χ0v) is 40.7. The van der Waals surface area contributed by atoms with E-state index in [0.29, 0.717) is 5.69 Å². The summed E-state index contributed by atoms with van der Waals surface area (Å²) >= 11 is 0. The molecule has 3 heterocycles. The molecule has 11 aromatic rings. The van der Waals surface area contributed by atoms with E-state index in [1.807, 2.05) is 146 Å². The van der Waals surface area contributed by atoms with Crippen LogP contribution in [0.2, 0.25) is 0 Å². The molecule has 0 fully saturated rings. The number of aromatic nitrogens is 9. The van der Waals surface area contributed by atoms with Crippen molar-refractivity contribution < 1.29 is 34.7 Å². The zero-order valence-electron chi connectivity index (χ0n) is 38.3. The van der Waals surface area contributed by atoms with E-state index in [9.17, 15) is 5.11 Å². The third-order valence-electron chi connectivity index (χ3n) is 11.2. The van der Waals surface area contributed by atoms with Gasteiger partial charge in [-0.1, -0.05) is 135 Å². The molecule has 0 saturated heterocycles. The van der Waals surface area contributed by atoms with Crippen LogP contribution in [-0.4, -0.2) is 64.3 Å². The van der Waals surface area contributed by atoms with Gasteiger partial charge in [-0.2, -0.15) is 42.1 Å². The van der Waals surface area contributed by atoms with Gasteiger partial charge in [0.2, 0.25) is 0 Å². The van der Waals surface area contributed by atoms with Gasteiger partial charge in [-0.15, -0.1) is 39.3 Å². The average Bonchev–Trinajstić information content (AvgIpc) is 4.08. The van der Waals surface area contributed by atoms with E-state index >= 15 is 0 Å². The summed E-state index contributed by atoms with van der Waals surface area (Å²) in [5, 5.41) is 41.4. The summed E-state index contributed by atoms with van der Waals surface area (Å²) in [5.41, 5.74) is 8.75. The maximum Gasteiger partial charge on any atom is 0.143 e. The second-order valence-corrected chi connectivity index (χ2v) is 17.8. The summed E-state index contributed by atoms with van der Waals surface area (Å²) in [6.45, 7) is 11.2. The predicted molar refractivity (Wildman–Crippen MR) is 261 cm³/mol. The Labute approximate surface area is 402 Å². The molecule has 0 amide bonds. The summed E-state index contributed by atoms with van der Waals surface area (Å²) in [7, 11) is 3.32. The van der Waals surface area contributed by atoms with Crippen LogP contribution in [0, 0.1) is 17.5 Å². The van der Waals surface area contributed by atoms with E-state index in [0.717, 1.165) is 83.9 Å². The molecule has 0 unspecified atom stereocenters. The summed E-state index contributed by atoms with van der Waals surface area (Å²) in [6.07, 6.45) is 1.04. The Balaban J connectivity index is 0.000000136. The molecule has 3 aromatic heterocycles. The molecule has 0 aliphatic rings. The first-order chi connectivity index (χ1) is 31.9. The first-order valence-electron chi connectivity index (χ1n) is 21.6. The molecule has 0 aliphatic carbocycles. The van der Waals surface area contributed by atoms with Gasteiger partial charge in [0.1, 0.15) is 44.5 Å². The number of hydrogen-bond acceptors (Lipinski definition) is 9. The van der Waals surface area contributed by atoms with Crippen molar-refractivity contribution in [3.63, 3.8) is 0 Å². The fraction of sp³-hybridized carbons (Fsp3) is 0.185. The molecule has 67 heavy (non-hydrogen) atoms. The quantitative estimate of drug-likeness (QED) is 0.155. The number of hydrogen-bond donors (Lipinski definition) is 1. The Morgan fingerprint density at radius 3 is 1.18 bits per heavy atom. The Morgan fingerprint density at radius 2 is 0.821 bits per heavy atom. The van der Waals surface area contributed by atoms with E-state index in [-0.39, 0.29) is 36.7 Å². The van der Waals surface area contributed by atoms with E-state index < -0.39 is 0 Å². The topological polar surface area (TPSA) is 131 Å². The second-order valence-electron chi connectivity index (χ2n) is 17.8. The Morgan fingerprint density at radius 1 is 0.478 bits per heavy atom.